The highest BCUT2D eigenvalue weighted by Crippen LogP contribution is 2.30. The van der Waals surface area contributed by atoms with E-state index in [-0.39, 0.29) is 11.8 Å². The van der Waals surface area contributed by atoms with Crippen molar-refractivity contribution in [2.24, 2.45) is 0 Å². The van der Waals surface area contributed by atoms with Crippen LogP contribution in [0.2, 0.25) is 0 Å². The number of hydrogen-bond donors (Lipinski definition) is 1. The van der Waals surface area contributed by atoms with Gasteiger partial charge in [0.2, 0.25) is 0 Å². The van der Waals surface area contributed by atoms with E-state index in [2.05, 4.69) is 5.32 Å². The van der Waals surface area contributed by atoms with Gasteiger partial charge in [0, 0.05) is 12.2 Å². The molecule has 1 aliphatic heterocycles. The first-order valence-electron chi connectivity index (χ1n) is 8.02. The molecule has 1 aliphatic rings. The van der Waals surface area contributed by atoms with Crippen LogP contribution in [0.15, 0.2) is 54.2 Å². The second kappa shape index (κ2) is 6.32. The maximum Gasteiger partial charge on any atom is 0.278 e. The van der Waals surface area contributed by atoms with Crippen LogP contribution in [0.4, 0.5) is 5.69 Å². The summed E-state index contributed by atoms with van der Waals surface area (Å²) in [5.74, 6) is -0.528. The van der Waals surface area contributed by atoms with Gasteiger partial charge in [-0.15, -0.1) is 0 Å². The fourth-order valence-corrected chi connectivity index (χ4v) is 2.75. The molecular weight excluding hydrogens is 300 g/mol. The van der Waals surface area contributed by atoms with Crippen LogP contribution in [0.5, 0.6) is 0 Å². The Labute approximate surface area is 141 Å². The van der Waals surface area contributed by atoms with Crippen LogP contribution in [-0.2, 0) is 9.59 Å². The van der Waals surface area contributed by atoms with Crippen molar-refractivity contribution in [1.29, 1.82) is 0 Å². The average Bonchev–Trinajstić information content (AvgIpc) is 2.81. The van der Waals surface area contributed by atoms with Gasteiger partial charge in [-0.2, -0.15) is 0 Å². The van der Waals surface area contributed by atoms with Crippen LogP contribution >= 0.6 is 0 Å². The zero-order valence-corrected chi connectivity index (χ0v) is 14.1. The van der Waals surface area contributed by atoms with Gasteiger partial charge in [-0.05, 0) is 38.5 Å². The number of carbonyl (C=O) groups excluding carboxylic acids is 2. The molecule has 0 atom stereocenters. The normalized spacial score (nSPS) is 14.5. The molecular formula is C20H20N2O2. The zero-order valence-electron chi connectivity index (χ0n) is 14.1. The van der Waals surface area contributed by atoms with E-state index in [1.54, 1.807) is 6.92 Å². The molecule has 0 radical (unpaired) electrons. The Morgan fingerprint density at radius 1 is 0.833 bits per heavy atom. The highest BCUT2D eigenvalue weighted by Gasteiger charge is 2.38. The number of nitrogens with zero attached hydrogens (tertiary/aromatic N) is 1. The van der Waals surface area contributed by atoms with Gasteiger partial charge < -0.3 is 5.32 Å². The molecule has 4 heteroatoms. The number of likely N-dealkylation sites (N-methyl/N-ethyl adjacent to an activating group) is 1. The van der Waals surface area contributed by atoms with E-state index < -0.39 is 0 Å². The summed E-state index contributed by atoms with van der Waals surface area (Å²) in [6.07, 6.45) is 0. The highest BCUT2D eigenvalue weighted by molar-refractivity contribution is 6.36. The lowest BCUT2D eigenvalue weighted by molar-refractivity contribution is -0.136. The molecule has 3 rings (SSSR count). The van der Waals surface area contributed by atoms with E-state index in [0.29, 0.717) is 17.8 Å². The number of anilines is 1. The zero-order chi connectivity index (χ0) is 17.3. The van der Waals surface area contributed by atoms with Crippen LogP contribution in [-0.4, -0.2) is 23.3 Å². The number of aryl methyl sites for hydroxylation is 2. The third-order valence-corrected chi connectivity index (χ3v) is 4.15. The van der Waals surface area contributed by atoms with E-state index in [1.165, 1.54) is 4.90 Å². The summed E-state index contributed by atoms with van der Waals surface area (Å²) in [6, 6.07) is 15.4. The third kappa shape index (κ3) is 2.83. The largest absolute Gasteiger partial charge is 0.350 e. The molecule has 1 heterocycles. The number of hydrogen-bond acceptors (Lipinski definition) is 3. The Morgan fingerprint density at radius 3 is 1.92 bits per heavy atom. The summed E-state index contributed by atoms with van der Waals surface area (Å²) >= 11 is 0. The Balaban J connectivity index is 2.07. The number of rotatable bonds is 4. The maximum absolute atomic E-state index is 12.7. The number of benzene rings is 2. The van der Waals surface area contributed by atoms with Crippen molar-refractivity contribution in [3.8, 4) is 0 Å². The van der Waals surface area contributed by atoms with Gasteiger partial charge in [0.25, 0.3) is 11.8 Å². The molecule has 24 heavy (non-hydrogen) atoms. The van der Waals surface area contributed by atoms with Crippen molar-refractivity contribution < 1.29 is 9.59 Å². The first kappa shape index (κ1) is 16.0. The van der Waals surface area contributed by atoms with Gasteiger partial charge in [-0.1, -0.05) is 47.5 Å². The van der Waals surface area contributed by atoms with Crippen LogP contribution in [0.3, 0.4) is 0 Å². The van der Waals surface area contributed by atoms with Crippen molar-refractivity contribution in [2.75, 3.05) is 11.9 Å². The molecule has 2 aromatic rings. The van der Waals surface area contributed by atoms with Gasteiger partial charge in [0.1, 0.15) is 5.70 Å². The van der Waals surface area contributed by atoms with E-state index in [0.717, 1.165) is 22.4 Å². The van der Waals surface area contributed by atoms with Crippen molar-refractivity contribution in [1.82, 2.24) is 4.90 Å². The molecule has 0 fully saturated rings. The Bertz CT molecular complexity index is 818. The van der Waals surface area contributed by atoms with Crippen molar-refractivity contribution >= 4 is 23.1 Å². The molecule has 0 saturated heterocycles. The molecule has 1 N–H and O–H groups in total. The minimum absolute atomic E-state index is 0.249. The quantitative estimate of drug-likeness (QED) is 0.877. The summed E-state index contributed by atoms with van der Waals surface area (Å²) in [5, 5.41) is 3.14. The predicted octanol–water partition coefficient (Wildman–Crippen LogP) is 3.52. The summed E-state index contributed by atoms with van der Waals surface area (Å²) in [5.41, 5.74) is 4.56. The van der Waals surface area contributed by atoms with Gasteiger partial charge in [-0.25, -0.2) is 0 Å². The summed E-state index contributed by atoms with van der Waals surface area (Å²) in [6.45, 7) is 6.15. The van der Waals surface area contributed by atoms with Crippen molar-refractivity contribution in [3.63, 3.8) is 0 Å². The van der Waals surface area contributed by atoms with Crippen molar-refractivity contribution in [3.05, 3.63) is 70.9 Å². The van der Waals surface area contributed by atoms with E-state index >= 15 is 0 Å². The molecule has 2 aromatic carbocycles. The smallest absolute Gasteiger partial charge is 0.278 e. The number of nitrogens with one attached hydrogen (secondary N) is 1. The van der Waals surface area contributed by atoms with Gasteiger partial charge in [0.05, 0.1) is 5.57 Å². The average molecular weight is 320 g/mol. The first-order chi connectivity index (χ1) is 11.5. The first-order valence-corrected chi connectivity index (χ1v) is 8.02. The minimum Gasteiger partial charge on any atom is -0.350 e. The molecule has 4 nitrogen and oxygen atoms in total. The number of amides is 2. The van der Waals surface area contributed by atoms with Gasteiger partial charge in [-0.3, -0.25) is 14.5 Å². The number of imide groups is 1. The molecule has 122 valence electrons. The predicted molar refractivity (Wildman–Crippen MR) is 95.3 cm³/mol. The second-order valence-electron chi connectivity index (χ2n) is 5.96. The van der Waals surface area contributed by atoms with Crippen LogP contribution in [0.1, 0.15) is 23.6 Å². The molecule has 0 bridgehead atoms. The lowest BCUT2D eigenvalue weighted by Crippen LogP contribution is -2.32. The molecule has 0 saturated carbocycles. The molecule has 0 unspecified atom stereocenters. The van der Waals surface area contributed by atoms with Crippen LogP contribution < -0.4 is 5.32 Å². The Hall–Kier alpha value is -2.88. The Morgan fingerprint density at radius 2 is 1.38 bits per heavy atom. The molecule has 2 amide bonds. The topological polar surface area (TPSA) is 49.4 Å². The molecule has 0 aliphatic carbocycles. The fraction of sp³-hybridized carbons (Fsp3) is 0.200. The Kier molecular flexibility index (Phi) is 4.21. The summed E-state index contributed by atoms with van der Waals surface area (Å²) in [7, 11) is 0. The summed E-state index contributed by atoms with van der Waals surface area (Å²) < 4.78 is 0. The minimum atomic E-state index is -0.279. The van der Waals surface area contributed by atoms with E-state index in [4.69, 9.17) is 0 Å². The lowest BCUT2D eigenvalue weighted by Gasteiger charge is -2.12. The fourth-order valence-electron chi connectivity index (χ4n) is 2.75. The summed E-state index contributed by atoms with van der Waals surface area (Å²) in [4.78, 5) is 26.6. The molecule has 0 spiro atoms. The van der Waals surface area contributed by atoms with E-state index in [9.17, 15) is 9.59 Å². The molecule has 0 aromatic heterocycles. The highest BCUT2D eigenvalue weighted by atomic mass is 16.2. The van der Waals surface area contributed by atoms with Gasteiger partial charge in [0.15, 0.2) is 0 Å². The maximum atomic E-state index is 12.7. The van der Waals surface area contributed by atoms with Crippen LogP contribution in [0.25, 0.3) is 5.57 Å². The monoisotopic (exact) mass is 320 g/mol. The van der Waals surface area contributed by atoms with Crippen molar-refractivity contribution in [2.45, 2.75) is 20.8 Å². The third-order valence-electron chi connectivity index (χ3n) is 4.15. The number of carbonyl (C=O) groups is 2. The van der Waals surface area contributed by atoms with Gasteiger partial charge >= 0.3 is 0 Å². The lowest BCUT2D eigenvalue weighted by atomic mass is 10.0. The van der Waals surface area contributed by atoms with Crippen LogP contribution in [0, 0.1) is 13.8 Å². The standard InChI is InChI=1S/C20H20N2O2/c1-4-22-19(23)17(15-9-5-13(2)6-10-15)18(20(22)24)21-16-11-7-14(3)8-12-16/h5-12,21H,4H2,1-3H3. The van der Waals surface area contributed by atoms with E-state index in [1.807, 2.05) is 62.4 Å². The second-order valence-corrected chi connectivity index (χ2v) is 5.96. The SMILES string of the molecule is CCN1C(=O)C(Nc2ccc(C)cc2)=C(c2ccc(C)cc2)C1=O.